The van der Waals surface area contributed by atoms with E-state index >= 15 is 0 Å². The van der Waals surface area contributed by atoms with Crippen LogP contribution < -0.4 is 4.74 Å². The minimum atomic E-state index is -4.69. The quantitative estimate of drug-likeness (QED) is 0.781. The molecule has 3 aromatic rings. The highest BCUT2D eigenvalue weighted by Gasteiger charge is 2.30. The number of aryl methyl sites for hydroxylation is 1. The summed E-state index contributed by atoms with van der Waals surface area (Å²) in [6.07, 6.45) is -2.99. The molecule has 0 aliphatic carbocycles. The molecule has 0 spiro atoms. The Kier molecular flexibility index (Phi) is 3.04. The van der Waals surface area contributed by atoms with Crippen LogP contribution >= 0.6 is 0 Å². The highest BCUT2D eigenvalue weighted by molar-refractivity contribution is 5.76. The fourth-order valence-corrected chi connectivity index (χ4v) is 1.96. The molecule has 0 bridgehead atoms. The maximum atomic E-state index is 12.1. The summed E-state index contributed by atoms with van der Waals surface area (Å²) in [5.74, 6) is 0.276. The van der Waals surface area contributed by atoms with Crippen LogP contribution in [0.15, 0.2) is 36.5 Å². The van der Waals surface area contributed by atoms with Gasteiger partial charge in [-0.2, -0.15) is 0 Å². The number of fused-ring (bicyclic) bond motifs is 1. The number of ether oxygens (including phenoxy) is 1. The van der Waals surface area contributed by atoms with Gasteiger partial charge in [-0.25, -0.2) is 9.97 Å². The molecule has 0 amide bonds. The van der Waals surface area contributed by atoms with Gasteiger partial charge in [0.15, 0.2) is 5.65 Å². The molecule has 4 nitrogen and oxygen atoms in total. The number of alkyl halides is 3. The SMILES string of the molecule is Cc1cnc2nc(-c3ccc(OC(F)(F)F)cc3)[nH]c2c1. The first-order valence-corrected chi connectivity index (χ1v) is 6.09. The Morgan fingerprint density at radius 2 is 1.86 bits per heavy atom. The summed E-state index contributed by atoms with van der Waals surface area (Å²) in [5, 5.41) is 0. The lowest BCUT2D eigenvalue weighted by atomic mass is 10.2. The van der Waals surface area contributed by atoms with Gasteiger partial charge in [-0.15, -0.1) is 13.2 Å². The molecule has 21 heavy (non-hydrogen) atoms. The normalized spacial score (nSPS) is 11.8. The molecule has 3 rings (SSSR count). The van der Waals surface area contributed by atoms with Crippen LogP contribution in [0.1, 0.15) is 5.56 Å². The number of aromatic nitrogens is 3. The number of pyridine rings is 1. The van der Waals surface area contributed by atoms with E-state index in [0.29, 0.717) is 17.0 Å². The average molecular weight is 293 g/mol. The van der Waals surface area contributed by atoms with Crippen LogP contribution in [0.25, 0.3) is 22.6 Å². The maximum absolute atomic E-state index is 12.1. The lowest BCUT2D eigenvalue weighted by Gasteiger charge is -2.08. The molecule has 1 N–H and O–H groups in total. The zero-order chi connectivity index (χ0) is 15.0. The topological polar surface area (TPSA) is 50.8 Å². The van der Waals surface area contributed by atoms with E-state index < -0.39 is 6.36 Å². The van der Waals surface area contributed by atoms with E-state index in [1.165, 1.54) is 24.3 Å². The lowest BCUT2D eigenvalue weighted by molar-refractivity contribution is -0.274. The van der Waals surface area contributed by atoms with Crippen molar-refractivity contribution in [3.05, 3.63) is 42.1 Å². The molecule has 0 saturated carbocycles. The van der Waals surface area contributed by atoms with Crippen molar-refractivity contribution in [2.45, 2.75) is 13.3 Å². The summed E-state index contributed by atoms with van der Waals surface area (Å²) in [6.45, 7) is 1.91. The van der Waals surface area contributed by atoms with Gasteiger partial charge in [0.2, 0.25) is 0 Å². The van der Waals surface area contributed by atoms with Gasteiger partial charge in [-0.1, -0.05) is 0 Å². The number of H-pyrrole nitrogens is 1. The first kappa shape index (κ1) is 13.4. The predicted molar refractivity (Wildman–Crippen MR) is 70.7 cm³/mol. The average Bonchev–Trinajstić information content (AvgIpc) is 2.80. The number of benzene rings is 1. The van der Waals surface area contributed by atoms with Crippen molar-refractivity contribution < 1.29 is 17.9 Å². The van der Waals surface area contributed by atoms with E-state index in [1.54, 1.807) is 6.20 Å². The van der Waals surface area contributed by atoms with Crippen molar-refractivity contribution in [2.75, 3.05) is 0 Å². The Bertz CT molecular complexity index is 778. The van der Waals surface area contributed by atoms with Crippen LogP contribution in [0.4, 0.5) is 13.2 Å². The van der Waals surface area contributed by atoms with Crippen LogP contribution in [-0.4, -0.2) is 21.3 Å². The van der Waals surface area contributed by atoms with E-state index in [2.05, 4.69) is 19.7 Å². The number of hydrogen-bond acceptors (Lipinski definition) is 3. The van der Waals surface area contributed by atoms with Crippen molar-refractivity contribution in [1.82, 2.24) is 15.0 Å². The fraction of sp³-hybridized carbons (Fsp3) is 0.143. The minimum Gasteiger partial charge on any atom is -0.406 e. The molecule has 0 radical (unpaired) electrons. The zero-order valence-corrected chi connectivity index (χ0v) is 10.9. The van der Waals surface area contributed by atoms with Gasteiger partial charge in [0, 0.05) is 11.8 Å². The van der Waals surface area contributed by atoms with Gasteiger partial charge >= 0.3 is 6.36 Å². The Morgan fingerprint density at radius 3 is 2.52 bits per heavy atom. The van der Waals surface area contributed by atoms with Crippen LogP contribution in [0.5, 0.6) is 5.75 Å². The molecule has 0 atom stereocenters. The lowest BCUT2D eigenvalue weighted by Crippen LogP contribution is -2.16. The monoisotopic (exact) mass is 293 g/mol. The third-order valence-corrected chi connectivity index (χ3v) is 2.84. The Balaban J connectivity index is 1.91. The second-order valence-electron chi connectivity index (χ2n) is 4.54. The second-order valence-corrected chi connectivity index (χ2v) is 4.54. The van der Waals surface area contributed by atoms with Crippen LogP contribution in [0.2, 0.25) is 0 Å². The van der Waals surface area contributed by atoms with E-state index in [0.717, 1.165) is 11.1 Å². The van der Waals surface area contributed by atoms with Crippen molar-refractivity contribution in [1.29, 1.82) is 0 Å². The molecule has 1 aromatic carbocycles. The highest BCUT2D eigenvalue weighted by Crippen LogP contribution is 2.26. The molecule has 2 aromatic heterocycles. The molecule has 0 fully saturated rings. The van der Waals surface area contributed by atoms with Crippen LogP contribution in [0.3, 0.4) is 0 Å². The third kappa shape index (κ3) is 2.96. The summed E-state index contributed by atoms with van der Waals surface area (Å²) >= 11 is 0. The van der Waals surface area contributed by atoms with Crippen molar-refractivity contribution in [2.24, 2.45) is 0 Å². The number of imidazole rings is 1. The first-order valence-electron chi connectivity index (χ1n) is 6.09. The molecule has 0 saturated heterocycles. The Hall–Kier alpha value is -2.57. The van der Waals surface area contributed by atoms with Gasteiger partial charge in [-0.05, 0) is 42.8 Å². The molecular weight excluding hydrogens is 283 g/mol. The number of nitrogens with zero attached hydrogens (tertiary/aromatic N) is 2. The largest absolute Gasteiger partial charge is 0.573 e. The van der Waals surface area contributed by atoms with Crippen LogP contribution in [0, 0.1) is 6.92 Å². The zero-order valence-electron chi connectivity index (χ0n) is 10.9. The fourth-order valence-electron chi connectivity index (χ4n) is 1.96. The number of hydrogen-bond donors (Lipinski definition) is 1. The summed E-state index contributed by atoms with van der Waals surface area (Å²) < 4.78 is 40.1. The molecule has 2 heterocycles. The highest BCUT2D eigenvalue weighted by atomic mass is 19.4. The Labute approximate surface area is 117 Å². The van der Waals surface area contributed by atoms with Gasteiger partial charge in [-0.3, -0.25) is 0 Å². The third-order valence-electron chi connectivity index (χ3n) is 2.84. The summed E-state index contributed by atoms with van der Waals surface area (Å²) in [5.41, 5.74) is 2.98. The number of halogens is 3. The Morgan fingerprint density at radius 1 is 1.14 bits per heavy atom. The summed E-state index contributed by atoms with van der Waals surface area (Å²) in [6, 6.07) is 7.40. The minimum absolute atomic E-state index is 0.267. The molecule has 0 unspecified atom stereocenters. The van der Waals surface area contributed by atoms with Gasteiger partial charge in [0.25, 0.3) is 0 Å². The second kappa shape index (κ2) is 4.76. The van der Waals surface area contributed by atoms with E-state index in [9.17, 15) is 13.2 Å². The van der Waals surface area contributed by atoms with Gasteiger partial charge in [0.1, 0.15) is 11.6 Å². The van der Waals surface area contributed by atoms with E-state index in [1.807, 2.05) is 13.0 Å². The van der Waals surface area contributed by atoms with Gasteiger partial charge in [0.05, 0.1) is 5.52 Å². The number of nitrogens with one attached hydrogen (secondary N) is 1. The smallest absolute Gasteiger partial charge is 0.406 e. The van der Waals surface area contributed by atoms with Crippen LogP contribution in [-0.2, 0) is 0 Å². The van der Waals surface area contributed by atoms with Gasteiger partial charge < -0.3 is 9.72 Å². The van der Waals surface area contributed by atoms with Crippen molar-refractivity contribution in [3.63, 3.8) is 0 Å². The van der Waals surface area contributed by atoms with Crippen molar-refractivity contribution in [3.8, 4) is 17.1 Å². The maximum Gasteiger partial charge on any atom is 0.573 e. The number of rotatable bonds is 2. The summed E-state index contributed by atoms with van der Waals surface area (Å²) in [4.78, 5) is 11.6. The van der Waals surface area contributed by atoms with Crippen molar-refractivity contribution >= 4 is 11.2 Å². The predicted octanol–water partition coefficient (Wildman–Crippen LogP) is 3.83. The number of aromatic amines is 1. The van der Waals surface area contributed by atoms with E-state index in [-0.39, 0.29) is 5.75 Å². The summed E-state index contributed by atoms with van der Waals surface area (Å²) in [7, 11) is 0. The molecule has 0 aliphatic rings. The first-order chi connectivity index (χ1) is 9.90. The molecule has 0 aliphatic heterocycles. The van der Waals surface area contributed by atoms with E-state index in [4.69, 9.17) is 0 Å². The molecular formula is C14H10F3N3O. The molecule has 108 valence electrons. The molecule has 7 heteroatoms. The standard InChI is InChI=1S/C14H10F3N3O/c1-8-6-11-13(18-7-8)20-12(19-11)9-2-4-10(5-3-9)21-14(15,16)17/h2-7H,1H3,(H,18,19,20).